The van der Waals surface area contributed by atoms with Gasteiger partial charge in [0.05, 0.1) is 17.1 Å². The second-order valence-electron chi connectivity index (χ2n) is 8.56. The van der Waals surface area contributed by atoms with E-state index in [0.717, 1.165) is 28.1 Å². The summed E-state index contributed by atoms with van der Waals surface area (Å²) in [6, 6.07) is 35.8. The molecule has 0 aromatic heterocycles. The number of carbonyl (C=O) groups is 1. The van der Waals surface area contributed by atoms with Gasteiger partial charge in [0.25, 0.3) is 5.91 Å². The Morgan fingerprint density at radius 1 is 0.833 bits per heavy atom. The van der Waals surface area contributed by atoms with Crippen molar-refractivity contribution in [3.05, 3.63) is 136 Å². The summed E-state index contributed by atoms with van der Waals surface area (Å²) in [4.78, 5) is 20.6. The van der Waals surface area contributed by atoms with Crippen LogP contribution in [0.5, 0.6) is 5.75 Å². The van der Waals surface area contributed by atoms with Crippen LogP contribution in [-0.4, -0.2) is 16.0 Å². The lowest BCUT2D eigenvalue weighted by Gasteiger charge is -2.15. The van der Waals surface area contributed by atoms with Crippen LogP contribution >= 0.6 is 11.8 Å². The van der Waals surface area contributed by atoms with E-state index in [9.17, 15) is 4.79 Å². The van der Waals surface area contributed by atoms with Crippen LogP contribution in [0.3, 0.4) is 0 Å². The summed E-state index contributed by atoms with van der Waals surface area (Å²) in [5.74, 6) is 0.749. The first-order chi connectivity index (χ1) is 17.6. The first-order valence-electron chi connectivity index (χ1n) is 11.8. The summed E-state index contributed by atoms with van der Waals surface area (Å²) in [7, 11) is 0. The first kappa shape index (κ1) is 23.6. The highest BCUT2D eigenvalue weighted by molar-refractivity contribution is 8.18. The number of amides is 1. The van der Waals surface area contributed by atoms with E-state index < -0.39 is 0 Å². The molecule has 0 bridgehead atoms. The average molecular weight is 491 g/mol. The molecule has 1 aliphatic rings. The molecule has 36 heavy (non-hydrogen) atoms. The molecule has 5 heteroatoms. The predicted molar refractivity (Wildman–Crippen MR) is 148 cm³/mol. The zero-order valence-electron chi connectivity index (χ0n) is 20.0. The number of aryl methyl sites for hydroxylation is 1. The number of nitrogens with zero attached hydrogens (tertiary/aromatic N) is 2. The molecule has 0 saturated carbocycles. The molecule has 5 rings (SSSR count). The van der Waals surface area contributed by atoms with Crippen LogP contribution in [-0.2, 0) is 17.9 Å². The van der Waals surface area contributed by atoms with Crippen LogP contribution in [0.25, 0.3) is 6.08 Å². The molecule has 1 amide bonds. The lowest BCUT2D eigenvalue weighted by Crippen LogP contribution is -2.28. The molecule has 178 valence electrons. The van der Waals surface area contributed by atoms with E-state index in [4.69, 9.17) is 9.73 Å². The molecule has 1 heterocycles. The van der Waals surface area contributed by atoms with Crippen LogP contribution < -0.4 is 4.74 Å². The van der Waals surface area contributed by atoms with Crippen molar-refractivity contribution < 1.29 is 9.53 Å². The van der Waals surface area contributed by atoms with Gasteiger partial charge < -0.3 is 4.74 Å². The molecule has 1 fully saturated rings. The van der Waals surface area contributed by atoms with Crippen LogP contribution in [0.2, 0.25) is 0 Å². The maximum atomic E-state index is 13.4. The van der Waals surface area contributed by atoms with Crippen LogP contribution in [0, 0.1) is 6.92 Å². The third-order valence-corrected chi connectivity index (χ3v) is 6.73. The molecule has 0 N–H and O–H groups in total. The Labute approximate surface area is 216 Å². The summed E-state index contributed by atoms with van der Waals surface area (Å²) >= 11 is 1.41. The minimum absolute atomic E-state index is 0.0432. The minimum Gasteiger partial charge on any atom is -0.489 e. The monoisotopic (exact) mass is 490 g/mol. The van der Waals surface area contributed by atoms with Crippen LogP contribution in [0.15, 0.2) is 119 Å². The van der Waals surface area contributed by atoms with E-state index in [1.54, 1.807) is 4.90 Å². The van der Waals surface area contributed by atoms with Gasteiger partial charge in [-0.3, -0.25) is 9.69 Å². The highest BCUT2D eigenvalue weighted by Crippen LogP contribution is 2.35. The molecule has 1 saturated heterocycles. The number of rotatable bonds is 7. The van der Waals surface area contributed by atoms with E-state index in [1.165, 1.54) is 17.3 Å². The Balaban J connectivity index is 1.34. The van der Waals surface area contributed by atoms with Crippen molar-refractivity contribution in [3.8, 4) is 5.75 Å². The molecule has 1 aliphatic heterocycles. The van der Waals surface area contributed by atoms with Crippen LogP contribution in [0.4, 0.5) is 5.69 Å². The number of ether oxygens (including phenoxy) is 1. The zero-order valence-corrected chi connectivity index (χ0v) is 20.8. The van der Waals surface area contributed by atoms with E-state index >= 15 is 0 Å². The van der Waals surface area contributed by atoms with Gasteiger partial charge in [-0.25, -0.2) is 4.99 Å². The molecule has 0 unspecified atom stereocenters. The summed E-state index contributed by atoms with van der Waals surface area (Å²) in [5, 5.41) is 0.680. The highest BCUT2D eigenvalue weighted by Gasteiger charge is 2.33. The fourth-order valence-corrected chi connectivity index (χ4v) is 4.89. The second-order valence-corrected chi connectivity index (χ2v) is 9.57. The van der Waals surface area contributed by atoms with Gasteiger partial charge in [0.15, 0.2) is 5.17 Å². The Morgan fingerprint density at radius 2 is 1.53 bits per heavy atom. The van der Waals surface area contributed by atoms with Gasteiger partial charge in [0.1, 0.15) is 12.4 Å². The number of benzene rings is 4. The number of thioether (sulfide) groups is 1. The minimum atomic E-state index is -0.0432. The highest BCUT2D eigenvalue weighted by atomic mass is 32.2. The van der Waals surface area contributed by atoms with Crippen molar-refractivity contribution in [2.75, 3.05) is 0 Å². The predicted octanol–water partition coefficient (Wildman–Crippen LogP) is 7.38. The van der Waals surface area contributed by atoms with Gasteiger partial charge in [-0.2, -0.15) is 0 Å². The summed E-state index contributed by atoms with van der Waals surface area (Å²) in [6.07, 6.45) is 1.92. The lowest BCUT2D eigenvalue weighted by molar-refractivity contribution is -0.122. The third kappa shape index (κ3) is 5.93. The molecule has 4 aromatic carbocycles. The summed E-state index contributed by atoms with van der Waals surface area (Å²) in [5.41, 5.74) is 5.17. The Kier molecular flexibility index (Phi) is 7.29. The van der Waals surface area contributed by atoms with Gasteiger partial charge in [0.2, 0.25) is 0 Å². The molecule has 0 radical (unpaired) electrons. The molecule has 4 nitrogen and oxygen atoms in total. The van der Waals surface area contributed by atoms with Crippen molar-refractivity contribution in [3.63, 3.8) is 0 Å². The topological polar surface area (TPSA) is 41.9 Å². The van der Waals surface area contributed by atoms with E-state index in [2.05, 4.69) is 25.1 Å². The smallest absolute Gasteiger partial charge is 0.267 e. The molecule has 0 spiro atoms. The number of aliphatic imine (C=N–C) groups is 1. The maximum Gasteiger partial charge on any atom is 0.267 e. The Bertz CT molecular complexity index is 1400. The Morgan fingerprint density at radius 3 is 2.25 bits per heavy atom. The van der Waals surface area contributed by atoms with Gasteiger partial charge in [-0.1, -0.05) is 90.5 Å². The second kappa shape index (κ2) is 11.1. The molecular formula is C31H26N2O2S. The van der Waals surface area contributed by atoms with Crippen molar-refractivity contribution in [2.24, 2.45) is 4.99 Å². The normalized spacial score (nSPS) is 15.6. The largest absolute Gasteiger partial charge is 0.489 e. The van der Waals surface area contributed by atoms with Gasteiger partial charge in [-0.15, -0.1) is 0 Å². The van der Waals surface area contributed by atoms with Gasteiger partial charge in [-0.05, 0) is 65.7 Å². The van der Waals surface area contributed by atoms with Gasteiger partial charge >= 0.3 is 0 Å². The number of hydrogen-bond acceptors (Lipinski definition) is 4. The number of carbonyl (C=O) groups excluding carboxylic acids is 1. The summed E-state index contributed by atoms with van der Waals surface area (Å²) < 4.78 is 5.94. The molecule has 0 aliphatic carbocycles. The van der Waals surface area contributed by atoms with Gasteiger partial charge in [0, 0.05) is 0 Å². The molecular weight excluding hydrogens is 464 g/mol. The van der Waals surface area contributed by atoms with E-state index in [1.807, 2.05) is 97.1 Å². The van der Waals surface area contributed by atoms with Crippen LogP contribution in [0.1, 0.15) is 22.3 Å². The molecule has 4 aromatic rings. The maximum absolute atomic E-state index is 13.4. The lowest BCUT2D eigenvalue weighted by atomic mass is 10.1. The number of amidine groups is 1. The Hall–Kier alpha value is -4.09. The van der Waals surface area contributed by atoms with Crippen molar-refractivity contribution in [1.82, 2.24) is 4.90 Å². The van der Waals surface area contributed by atoms with Crippen molar-refractivity contribution in [2.45, 2.75) is 20.1 Å². The quantitative estimate of drug-likeness (QED) is 0.254. The molecule has 0 atom stereocenters. The van der Waals surface area contributed by atoms with E-state index in [-0.39, 0.29) is 5.91 Å². The first-order valence-corrected chi connectivity index (χ1v) is 12.6. The average Bonchev–Trinajstić information content (AvgIpc) is 3.18. The third-order valence-electron chi connectivity index (χ3n) is 5.72. The number of hydrogen-bond donors (Lipinski definition) is 0. The summed E-state index contributed by atoms with van der Waals surface area (Å²) in [6.45, 7) is 3.07. The SMILES string of the molecule is Cc1cccc(COc2ccc(/C=C3\SC(=Nc4ccccc4)N(Cc4ccccc4)C3=O)cc2)c1. The zero-order chi connectivity index (χ0) is 24.7. The van der Waals surface area contributed by atoms with Crippen molar-refractivity contribution in [1.29, 1.82) is 0 Å². The number of para-hydroxylation sites is 1. The van der Waals surface area contributed by atoms with E-state index in [0.29, 0.717) is 23.2 Å². The fourth-order valence-electron chi connectivity index (χ4n) is 3.89. The fraction of sp³-hybridized carbons (Fsp3) is 0.0968. The van der Waals surface area contributed by atoms with Crippen molar-refractivity contribution >= 4 is 34.6 Å². The standard InChI is InChI=1S/C31H26N2O2S/c1-23-9-8-12-26(19-23)22-35-28-17-15-24(16-18-28)20-29-30(34)33(21-25-10-4-2-5-11-25)31(36-29)32-27-13-6-3-7-14-27/h2-20H,21-22H2,1H3/b29-20-,32-31?.